The molecule has 0 aromatic heterocycles. The summed E-state index contributed by atoms with van der Waals surface area (Å²) in [5.74, 6) is 0.605. The number of carbonyl (C=O) groups excluding carboxylic acids is 2. The highest BCUT2D eigenvalue weighted by atomic mass is 16.6. The molecule has 4 unspecified atom stereocenters. The van der Waals surface area contributed by atoms with Crippen LogP contribution in [-0.4, -0.2) is 24.1 Å². The Morgan fingerprint density at radius 1 is 1.16 bits per heavy atom. The third kappa shape index (κ3) is 5.46. The molecule has 3 aliphatic rings. The van der Waals surface area contributed by atoms with Crippen LogP contribution in [0, 0.1) is 23.2 Å². The lowest BCUT2D eigenvalue weighted by Gasteiger charge is -2.31. The maximum atomic E-state index is 12.4. The van der Waals surface area contributed by atoms with E-state index >= 15 is 0 Å². The van der Waals surface area contributed by atoms with Crippen LogP contribution in [0.1, 0.15) is 86.0 Å². The summed E-state index contributed by atoms with van der Waals surface area (Å²) in [5.41, 5.74) is 0.292. The van der Waals surface area contributed by atoms with Crippen molar-refractivity contribution in [1.29, 1.82) is 0 Å². The highest BCUT2D eigenvalue weighted by Crippen LogP contribution is 2.50. The molecule has 3 fully saturated rings. The first-order valence-corrected chi connectivity index (χ1v) is 9.99. The third-order valence-electron chi connectivity index (χ3n) is 6.35. The van der Waals surface area contributed by atoms with E-state index in [1.807, 2.05) is 6.92 Å². The fraction of sp³-hybridized carbons (Fsp3) is 0.905. The zero-order chi connectivity index (χ0) is 18.7. The van der Waals surface area contributed by atoms with Crippen molar-refractivity contribution in [3.05, 3.63) is 0 Å². The van der Waals surface area contributed by atoms with Gasteiger partial charge in [0.15, 0.2) is 0 Å². The molecule has 0 saturated heterocycles. The molecule has 0 aromatic rings. The highest BCUT2D eigenvalue weighted by Gasteiger charge is 2.51. The predicted octanol–water partition coefficient (Wildman–Crippen LogP) is 4.89. The van der Waals surface area contributed by atoms with E-state index in [2.05, 4.69) is 27.7 Å². The molecule has 0 amide bonds. The average Bonchev–Trinajstić information content (AvgIpc) is 3.23. The zero-order valence-corrected chi connectivity index (χ0v) is 16.7. The van der Waals surface area contributed by atoms with Gasteiger partial charge in [-0.05, 0) is 63.2 Å². The minimum Gasteiger partial charge on any atom is -0.464 e. The topological polar surface area (TPSA) is 52.6 Å². The Labute approximate surface area is 153 Å². The molecule has 144 valence electrons. The maximum Gasteiger partial charge on any atom is 0.309 e. The van der Waals surface area contributed by atoms with Gasteiger partial charge in [-0.3, -0.25) is 9.59 Å². The van der Waals surface area contributed by atoms with Gasteiger partial charge < -0.3 is 9.47 Å². The molecule has 4 nitrogen and oxygen atoms in total. The van der Waals surface area contributed by atoms with E-state index in [9.17, 15) is 9.59 Å². The second-order valence-corrected chi connectivity index (χ2v) is 9.61. The minimum absolute atomic E-state index is 0.0545. The molecule has 25 heavy (non-hydrogen) atoms. The molecule has 3 aliphatic carbocycles. The van der Waals surface area contributed by atoms with Crippen LogP contribution in [0.15, 0.2) is 0 Å². The van der Waals surface area contributed by atoms with Crippen molar-refractivity contribution in [1.82, 2.24) is 0 Å². The Kier molecular flexibility index (Phi) is 6.56. The van der Waals surface area contributed by atoms with Crippen molar-refractivity contribution in [3.8, 4) is 0 Å². The van der Waals surface area contributed by atoms with E-state index in [0.29, 0.717) is 17.8 Å². The number of carbonyl (C=O) groups is 2. The lowest BCUT2D eigenvalue weighted by Crippen LogP contribution is -2.37. The van der Waals surface area contributed by atoms with Crippen LogP contribution in [0.2, 0.25) is 0 Å². The summed E-state index contributed by atoms with van der Waals surface area (Å²) in [6, 6.07) is 0. The molecule has 0 spiro atoms. The normalized spacial score (nSPS) is 32.7. The lowest BCUT2D eigenvalue weighted by molar-refractivity contribution is -0.168. The third-order valence-corrected chi connectivity index (χ3v) is 6.35. The molecule has 3 rings (SSSR count). The van der Waals surface area contributed by atoms with E-state index in [1.165, 1.54) is 6.42 Å². The molecular weight excluding hydrogens is 316 g/mol. The van der Waals surface area contributed by atoms with Gasteiger partial charge in [-0.15, -0.1) is 0 Å². The van der Waals surface area contributed by atoms with Gasteiger partial charge in [0.1, 0.15) is 11.7 Å². The van der Waals surface area contributed by atoms with Crippen LogP contribution >= 0.6 is 0 Å². The molecule has 2 bridgehead atoms. The van der Waals surface area contributed by atoms with Crippen molar-refractivity contribution in [2.24, 2.45) is 23.2 Å². The van der Waals surface area contributed by atoms with Gasteiger partial charge in [0.2, 0.25) is 0 Å². The van der Waals surface area contributed by atoms with E-state index in [-0.39, 0.29) is 29.5 Å². The van der Waals surface area contributed by atoms with Gasteiger partial charge in [-0.25, -0.2) is 0 Å². The van der Waals surface area contributed by atoms with Crippen LogP contribution < -0.4 is 0 Å². The smallest absolute Gasteiger partial charge is 0.309 e. The number of hydrogen-bond acceptors (Lipinski definition) is 4. The van der Waals surface area contributed by atoms with E-state index in [1.54, 1.807) is 0 Å². The number of rotatable bonds is 4. The van der Waals surface area contributed by atoms with Gasteiger partial charge in [0.05, 0.1) is 5.92 Å². The summed E-state index contributed by atoms with van der Waals surface area (Å²) < 4.78 is 10.9. The van der Waals surface area contributed by atoms with Crippen molar-refractivity contribution >= 4 is 12.4 Å². The minimum atomic E-state index is -0.250. The first-order valence-electron chi connectivity index (χ1n) is 9.99. The summed E-state index contributed by atoms with van der Waals surface area (Å²) in [6.07, 6.45) is 8.31. The number of hydrogen-bond donors (Lipinski definition) is 0. The molecule has 0 heterocycles. The van der Waals surface area contributed by atoms with E-state index in [4.69, 9.17) is 9.47 Å². The molecule has 0 N–H and O–H groups in total. The molecule has 0 aromatic carbocycles. The maximum absolute atomic E-state index is 12.4. The van der Waals surface area contributed by atoms with Crippen molar-refractivity contribution in [2.45, 2.75) is 97.7 Å². The molecule has 4 atom stereocenters. The molecule has 4 heteroatoms. The van der Waals surface area contributed by atoms with Gasteiger partial charge in [0.25, 0.3) is 6.47 Å². The standard InChI is InChI=1S/C15H22O4.C6H14/c1-15(4-2-3-5-15)19-14(17)12-7-10-6-11(12)13(8-10)18-9-16;1-5-6(2,3)4/h9-13H,2-8H2,1H3;5H2,1-4H3. The quantitative estimate of drug-likeness (QED) is 0.534. The van der Waals surface area contributed by atoms with Crippen LogP contribution in [0.5, 0.6) is 0 Å². The monoisotopic (exact) mass is 352 g/mol. The van der Waals surface area contributed by atoms with Crippen LogP contribution in [0.4, 0.5) is 0 Å². The second-order valence-electron chi connectivity index (χ2n) is 9.61. The first-order chi connectivity index (χ1) is 11.7. The Morgan fingerprint density at radius 2 is 1.76 bits per heavy atom. The first kappa shape index (κ1) is 20.3. The fourth-order valence-corrected chi connectivity index (χ4v) is 4.33. The number of esters is 1. The SMILES string of the molecule is CC1(OC(=O)C2CC3CC(OC=O)C2C3)CCCC1.CCC(C)(C)C. The summed E-state index contributed by atoms with van der Waals surface area (Å²) in [6.45, 7) is 11.5. The second kappa shape index (κ2) is 8.09. The molecule has 0 radical (unpaired) electrons. The molecule has 0 aliphatic heterocycles. The zero-order valence-electron chi connectivity index (χ0n) is 16.7. The Bertz CT molecular complexity index is 459. The van der Waals surface area contributed by atoms with Crippen LogP contribution in [0.25, 0.3) is 0 Å². The summed E-state index contributed by atoms with van der Waals surface area (Å²) in [4.78, 5) is 22.9. The molecule has 3 saturated carbocycles. The van der Waals surface area contributed by atoms with Crippen molar-refractivity contribution in [2.75, 3.05) is 0 Å². The van der Waals surface area contributed by atoms with Crippen molar-refractivity contribution in [3.63, 3.8) is 0 Å². The summed E-state index contributed by atoms with van der Waals surface area (Å²) in [7, 11) is 0. The average molecular weight is 353 g/mol. The molecular formula is C21H36O4. The largest absolute Gasteiger partial charge is 0.464 e. The Hall–Kier alpha value is -1.06. The number of fused-ring (bicyclic) bond motifs is 2. The van der Waals surface area contributed by atoms with Crippen LogP contribution in [-0.2, 0) is 19.1 Å². The van der Waals surface area contributed by atoms with Crippen molar-refractivity contribution < 1.29 is 19.1 Å². The van der Waals surface area contributed by atoms with Crippen LogP contribution in [0.3, 0.4) is 0 Å². The number of ether oxygens (including phenoxy) is 2. The fourth-order valence-electron chi connectivity index (χ4n) is 4.33. The van der Waals surface area contributed by atoms with Gasteiger partial charge in [-0.2, -0.15) is 0 Å². The highest BCUT2D eigenvalue weighted by molar-refractivity contribution is 5.74. The summed E-state index contributed by atoms with van der Waals surface area (Å²) in [5, 5.41) is 0. The Balaban J connectivity index is 0.000000326. The van der Waals surface area contributed by atoms with E-state index in [0.717, 1.165) is 44.9 Å². The Morgan fingerprint density at radius 3 is 2.24 bits per heavy atom. The lowest BCUT2D eigenvalue weighted by atomic mass is 9.86. The predicted molar refractivity (Wildman–Crippen MR) is 98.0 cm³/mol. The summed E-state index contributed by atoms with van der Waals surface area (Å²) >= 11 is 0. The van der Waals surface area contributed by atoms with Gasteiger partial charge in [-0.1, -0.05) is 34.1 Å². The van der Waals surface area contributed by atoms with Gasteiger partial charge >= 0.3 is 5.97 Å². The van der Waals surface area contributed by atoms with E-state index < -0.39 is 0 Å². The van der Waals surface area contributed by atoms with Gasteiger partial charge in [0, 0.05) is 5.92 Å².